The van der Waals surface area contributed by atoms with Gasteiger partial charge in [0.2, 0.25) is 15.9 Å². The summed E-state index contributed by atoms with van der Waals surface area (Å²) in [5.74, 6) is 0.201. The van der Waals surface area contributed by atoms with Crippen molar-refractivity contribution >= 4 is 42.6 Å². The van der Waals surface area contributed by atoms with E-state index in [0.29, 0.717) is 26.2 Å². The minimum absolute atomic E-state index is 0.0282. The van der Waals surface area contributed by atoms with E-state index in [0.717, 1.165) is 36.6 Å². The van der Waals surface area contributed by atoms with Crippen molar-refractivity contribution in [3.8, 4) is 0 Å². The Balaban J connectivity index is 1.33. The van der Waals surface area contributed by atoms with Crippen molar-refractivity contribution in [1.82, 2.24) is 14.2 Å². The predicted molar refractivity (Wildman–Crippen MR) is 108 cm³/mol. The van der Waals surface area contributed by atoms with Gasteiger partial charge in [0.25, 0.3) is 0 Å². The Morgan fingerprint density at radius 3 is 2.37 bits per heavy atom. The van der Waals surface area contributed by atoms with Crippen molar-refractivity contribution in [2.24, 2.45) is 5.92 Å². The van der Waals surface area contributed by atoms with E-state index >= 15 is 0 Å². The molecule has 1 amide bonds. The highest BCUT2D eigenvalue weighted by Gasteiger charge is 2.32. The molecule has 9 heteroatoms. The lowest BCUT2D eigenvalue weighted by Crippen LogP contribution is -2.52. The first kappa shape index (κ1) is 18.6. The third-order valence-corrected chi connectivity index (χ3v) is 7.82. The zero-order valence-corrected chi connectivity index (χ0v) is 17.0. The lowest BCUT2D eigenvalue weighted by molar-refractivity contribution is -0.137. The number of carbonyl (C=O) groups is 1. The van der Waals surface area contributed by atoms with Gasteiger partial charge in [-0.3, -0.25) is 4.79 Å². The maximum absolute atomic E-state index is 12.8. The maximum atomic E-state index is 12.8. The van der Waals surface area contributed by atoms with Crippen LogP contribution in [0.15, 0.2) is 24.3 Å². The van der Waals surface area contributed by atoms with E-state index in [-0.39, 0.29) is 11.8 Å². The summed E-state index contributed by atoms with van der Waals surface area (Å²) in [6, 6.07) is 8.14. The van der Waals surface area contributed by atoms with Gasteiger partial charge >= 0.3 is 0 Å². The molecule has 0 bridgehead atoms. The molecule has 0 atom stereocenters. The van der Waals surface area contributed by atoms with Crippen LogP contribution in [0.5, 0.6) is 0 Å². The standard InChI is InChI=1S/C18H24N4O3S2/c1-27(24,25)22-12-10-20(11-13-22)17(23)14-6-8-21(9-7-14)18-19-15-4-2-3-5-16(15)26-18/h2-5,14H,6-13H2,1H3. The van der Waals surface area contributed by atoms with E-state index in [4.69, 9.17) is 4.98 Å². The van der Waals surface area contributed by atoms with Gasteiger partial charge in [-0.1, -0.05) is 23.5 Å². The molecule has 0 unspecified atom stereocenters. The van der Waals surface area contributed by atoms with Gasteiger partial charge in [0.05, 0.1) is 16.5 Å². The first-order valence-electron chi connectivity index (χ1n) is 9.26. The number of piperidine rings is 1. The summed E-state index contributed by atoms with van der Waals surface area (Å²) < 4.78 is 25.9. The van der Waals surface area contributed by atoms with Gasteiger partial charge in [-0.15, -0.1) is 0 Å². The normalized spacial score (nSPS) is 20.3. The number of nitrogens with zero attached hydrogens (tertiary/aromatic N) is 4. The number of para-hydroxylation sites is 1. The molecule has 2 saturated heterocycles. The molecule has 0 spiro atoms. The molecule has 0 radical (unpaired) electrons. The molecule has 146 valence electrons. The average molecular weight is 409 g/mol. The molecule has 2 aliphatic heterocycles. The van der Waals surface area contributed by atoms with Crippen LogP contribution in [0.2, 0.25) is 0 Å². The van der Waals surface area contributed by atoms with Gasteiger partial charge in [0, 0.05) is 45.2 Å². The van der Waals surface area contributed by atoms with Gasteiger partial charge in [-0.05, 0) is 25.0 Å². The van der Waals surface area contributed by atoms with Crippen molar-refractivity contribution in [3.05, 3.63) is 24.3 Å². The molecule has 0 aliphatic carbocycles. The Labute approximate surface area is 163 Å². The summed E-state index contributed by atoms with van der Waals surface area (Å²) in [6.07, 6.45) is 2.87. The highest BCUT2D eigenvalue weighted by atomic mass is 32.2. The van der Waals surface area contributed by atoms with E-state index in [1.807, 2.05) is 23.1 Å². The third kappa shape index (κ3) is 3.95. The lowest BCUT2D eigenvalue weighted by atomic mass is 9.95. The summed E-state index contributed by atoms with van der Waals surface area (Å²) >= 11 is 1.70. The zero-order valence-electron chi connectivity index (χ0n) is 15.4. The number of fused-ring (bicyclic) bond motifs is 1. The van der Waals surface area contributed by atoms with Crippen LogP contribution in [0, 0.1) is 5.92 Å². The van der Waals surface area contributed by atoms with Crippen LogP contribution in [-0.4, -0.2) is 74.0 Å². The van der Waals surface area contributed by atoms with E-state index in [1.54, 1.807) is 11.3 Å². The topological polar surface area (TPSA) is 73.8 Å². The minimum atomic E-state index is -3.17. The molecule has 4 rings (SSSR count). The Morgan fingerprint density at radius 1 is 1.07 bits per heavy atom. The van der Waals surface area contributed by atoms with Crippen LogP contribution in [0.1, 0.15) is 12.8 Å². The highest BCUT2D eigenvalue weighted by Crippen LogP contribution is 2.31. The van der Waals surface area contributed by atoms with Gasteiger partial charge < -0.3 is 9.80 Å². The van der Waals surface area contributed by atoms with Crippen molar-refractivity contribution in [2.45, 2.75) is 12.8 Å². The molecule has 2 aliphatic rings. The number of thiazole rings is 1. The fourth-order valence-electron chi connectivity index (χ4n) is 3.81. The van der Waals surface area contributed by atoms with Gasteiger partial charge in [-0.25, -0.2) is 13.4 Å². The fraction of sp³-hybridized carbons (Fsp3) is 0.556. The Kier molecular flexibility index (Phi) is 5.09. The van der Waals surface area contributed by atoms with Gasteiger partial charge in [-0.2, -0.15) is 4.31 Å². The Hall–Kier alpha value is -1.71. The number of piperazine rings is 1. The van der Waals surface area contributed by atoms with Crippen LogP contribution in [-0.2, 0) is 14.8 Å². The van der Waals surface area contributed by atoms with Crippen LogP contribution in [0.4, 0.5) is 5.13 Å². The summed E-state index contributed by atoms with van der Waals surface area (Å²) in [4.78, 5) is 21.6. The second kappa shape index (κ2) is 7.37. The van der Waals surface area contributed by atoms with Crippen LogP contribution >= 0.6 is 11.3 Å². The zero-order chi connectivity index (χ0) is 19.0. The van der Waals surface area contributed by atoms with Crippen LogP contribution < -0.4 is 4.90 Å². The SMILES string of the molecule is CS(=O)(=O)N1CCN(C(=O)C2CCN(c3nc4ccccc4s3)CC2)CC1. The number of aromatic nitrogens is 1. The lowest BCUT2D eigenvalue weighted by Gasteiger charge is -2.37. The number of rotatable bonds is 3. The second-order valence-corrected chi connectivity index (χ2v) is 10.2. The van der Waals surface area contributed by atoms with E-state index in [1.165, 1.54) is 15.3 Å². The monoisotopic (exact) mass is 408 g/mol. The molecule has 0 N–H and O–H groups in total. The quantitative estimate of drug-likeness (QED) is 0.772. The smallest absolute Gasteiger partial charge is 0.225 e. The first-order valence-corrected chi connectivity index (χ1v) is 11.9. The van der Waals surface area contributed by atoms with Crippen molar-refractivity contribution in [3.63, 3.8) is 0 Å². The predicted octanol–water partition coefficient (Wildman–Crippen LogP) is 1.62. The number of benzene rings is 1. The number of amides is 1. The van der Waals surface area contributed by atoms with Gasteiger partial charge in [0.15, 0.2) is 5.13 Å². The minimum Gasteiger partial charge on any atom is -0.348 e. The summed E-state index contributed by atoms with van der Waals surface area (Å²) in [5.41, 5.74) is 1.03. The first-order chi connectivity index (χ1) is 12.9. The molecule has 1 aromatic heterocycles. The molecule has 0 saturated carbocycles. The van der Waals surface area contributed by atoms with Crippen molar-refractivity contribution in [1.29, 1.82) is 0 Å². The number of sulfonamides is 1. The molecule has 1 aromatic carbocycles. The fourth-order valence-corrected chi connectivity index (χ4v) is 5.66. The van der Waals surface area contributed by atoms with E-state index in [2.05, 4.69) is 11.0 Å². The second-order valence-electron chi connectivity index (χ2n) is 7.21. The van der Waals surface area contributed by atoms with Crippen molar-refractivity contribution < 1.29 is 13.2 Å². The molecular formula is C18H24N4O3S2. The highest BCUT2D eigenvalue weighted by molar-refractivity contribution is 7.88. The van der Waals surface area contributed by atoms with Crippen molar-refractivity contribution in [2.75, 3.05) is 50.4 Å². The number of hydrogen-bond donors (Lipinski definition) is 0. The molecule has 7 nitrogen and oxygen atoms in total. The molecule has 3 heterocycles. The summed E-state index contributed by atoms with van der Waals surface area (Å²) in [6.45, 7) is 3.44. The molecule has 27 heavy (non-hydrogen) atoms. The summed E-state index contributed by atoms with van der Waals surface area (Å²) in [7, 11) is -3.17. The van der Waals surface area contributed by atoms with E-state index in [9.17, 15) is 13.2 Å². The molecular weight excluding hydrogens is 384 g/mol. The number of carbonyl (C=O) groups excluding carboxylic acids is 1. The molecule has 2 fully saturated rings. The molecule has 2 aromatic rings. The Bertz CT molecular complexity index is 894. The van der Waals surface area contributed by atoms with Crippen LogP contribution in [0.25, 0.3) is 10.2 Å². The third-order valence-electron chi connectivity index (χ3n) is 5.42. The number of hydrogen-bond acceptors (Lipinski definition) is 6. The summed E-state index contributed by atoms with van der Waals surface area (Å²) in [5, 5.41) is 1.03. The average Bonchev–Trinajstić information content (AvgIpc) is 3.11. The van der Waals surface area contributed by atoms with Gasteiger partial charge in [0.1, 0.15) is 0 Å². The van der Waals surface area contributed by atoms with Crippen LogP contribution in [0.3, 0.4) is 0 Å². The maximum Gasteiger partial charge on any atom is 0.225 e. The number of anilines is 1. The Morgan fingerprint density at radius 2 is 1.74 bits per heavy atom. The van der Waals surface area contributed by atoms with E-state index < -0.39 is 10.0 Å². The largest absolute Gasteiger partial charge is 0.348 e.